The third-order valence-corrected chi connectivity index (χ3v) is 5.05. The first kappa shape index (κ1) is 18.6. The van der Waals surface area contributed by atoms with Gasteiger partial charge in [-0.3, -0.25) is 14.5 Å². The molecule has 26 heavy (non-hydrogen) atoms. The predicted octanol–water partition coefficient (Wildman–Crippen LogP) is 2.43. The molecule has 0 spiro atoms. The highest BCUT2D eigenvalue weighted by atomic mass is 35.5. The number of rotatable bonds is 4. The van der Waals surface area contributed by atoms with Gasteiger partial charge in [-0.1, -0.05) is 23.7 Å². The standard InChI is InChI=1S/C19H23ClN4O2/c1-12-13(2)22-18(25)17(21-12)19(26)23-16-7-9-24(10-8-16)11-14-3-5-15(20)6-4-14/h3-6,16H,7-11H2,1-2H3,(H,22,25)(H,23,26). The van der Waals surface area contributed by atoms with Crippen LogP contribution in [0.5, 0.6) is 0 Å². The fourth-order valence-corrected chi connectivity index (χ4v) is 3.24. The monoisotopic (exact) mass is 374 g/mol. The van der Waals surface area contributed by atoms with E-state index in [2.05, 4.69) is 20.2 Å². The highest BCUT2D eigenvalue weighted by Crippen LogP contribution is 2.16. The highest BCUT2D eigenvalue weighted by Gasteiger charge is 2.23. The second-order valence-corrected chi connectivity index (χ2v) is 7.21. The Morgan fingerprint density at radius 1 is 1.27 bits per heavy atom. The minimum absolute atomic E-state index is 0.0586. The van der Waals surface area contributed by atoms with Gasteiger partial charge in [-0.05, 0) is 44.4 Å². The van der Waals surface area contributed by atoms with E-state index in [1.807, 2.05) is 24.3 Å². The lowest BCUT2D eigenvalue weighted by molar-refractivity contribution is 0.0902. The third kappa shape index (κ3) is 4.51. The Morgan fingerprint density at radius 2 is 1.92 bits per heavy atom. The van der Waals surface area contributed by atoms with Crippen LogP contribution >= 0.6 is 11.6 Å². The smallest absolute Gasteiger partial charge is 0.279 e. The molecule has 2 heterocycles. The van der Waals surface area contributed by atoms with E-state index in [9.17, 15) is 9.59 Å². The number of benzene rings is 1. The van der Waals surface area contributed by atoms with Crippen LogP contribution in [0, 0.1) is 13.8 Å². The number of nitrogens with one attached hydrogen (secondary N) is 2. The molecule has 0 saturated carbocycles. The quantitative estimate of drug-likeness (QED) is 0.861. The van der Waals surface area contributed by atoms with Gasteiger partial charge in [-0.15, -0.1) is 0 Å². The van der Waals surface area contributed by atoms with Gasteiger partial charge in [0.15, 0.2) is 5.69 Å². The maximum atomic E-state index is 12.4. The molecule has 2 aromatic rings. The van der Waals surface area contributed by atoms with Crippen molar-refractivity contribution in [3.8, 4) is 0 Å². The molecular weight excluding hydrogens is 352 g/mol. The molecule has 1 fully saturated rings. The molecule has 0 bridgehead atoms. The summed E-state index contributed by atoms with van der Waals surface area (Å²) in [6, 6.07) is 7.93. The zero-order chi connectivity index (χ0) is 18.7. The lowest BCUT2D eigenvalue weighted by atomic mass is 10.0. The summed E-state index contributed by atoms with van der Waals surface area (Å²) in [6.45, 7) is 6.20. The van der Waals surface area contributed by atoms with Crippen LogP contribution in [0.2, 0.25) is 5.02 Å². The first-order valence-electron chi connectivity index (χ1n) is 8.77. The Kier molecular flexibility index (Phi) is 5.74. The van der Waals surface area contributed by atoms with E-state index in [0.717, 1.165) is 37.5 Å². The van der Waals surface area contributed by atoms with Crippen molar-refractivity contribution in [3.05, 3.63) is 62.3 Å². The summed E-state index contributed by atoms with van der Waals surface area (Å²) in [6.07, 6.45) is 1.70. The Labute approximate surface area is 157 Å². The number of aromatic amines is 1. The van der Waals surface area contributed by atoms with Crippen LogP contribution in [0.1, 0.15) is 40.3 Å². The summed E-state index contributed by atoms with van der Waals surface area (Å²) in [4.78, 5) is 33.5. The molecule has 1 aliphatic heterocycles. The van der Waals surface area contributed by atoms with Gasteiger partial charge in [0, 0.05) is 36.4 Å². The van der Waals surface area contributed by atoms with E-state index < -0.39 is 11.5 Å². The molecule has 0 atom stereocenters. The number of nitrogens with zero attached hydrogens (tertiary/aromatic N) is 2. The van der Waals surface area contributed by atoms with E-state index >= 15 is 0 Å². The van der Waals surface area contributed by atoms with E-state index in [4.69, 9.17) is 11.6 Å². The number of likely N-dealkylation sites (tertiary alicyclic amines) is 1. The molecule has 6 nitrogen and oxygen atoms in total. The first-order valence-corrected chi connectivity index (χ1v) is 9.15. The molecule has 1 amide bonds. The van der Waals surface area contributed by atoms with Crippen molar-refractivity contribution < 1.29 is 4.79 Å². The number of H-pyrrole nitrogens is 1. The van der Waals surface area contributed by atoms with Crippen LogP contribution in [-0.2, 0) is 6.54 Å². The molecule has 1 aromatic carbocycles. The average Bonchev–Trinajstić information content (AvgIpc) is 2.61. The summed E-state index contributed by atoms with van der Waals surface area (Å²) in [7, 11) is 0. The zero-order valence-electron chi connectivity index (χ0n) is 15.0. The second kappa shape index (κ2) is 8.01. The van der Waals surface area contributed by atoms with Crippen molar-refractivity contribution in [3.63, 3.8) is 0 Å². The Morgan fingerprint density at radius 3 is 2.58 bits per heavy atom. The summed E-state index contributed by atoms with van der Waals surface area (Å²) >= 11 is 5.92. The molecule has 1 aliphatic rings. The Balaban J connectivity index is 1.54. The summed E-state index contributed by atoms with van der Waals surface area (Å²) in [5, 5.41) is 3.69. The highest BCUT2D eigenvalue weighted by molar-refractivity contribution is 6.30. The molecular formula is C19H23ClN4O2. The number of aromatic nitrogens is 2. The van der Waals surface area contributed by atoms with Crippen LogP contribution in [0.25, 0.3) is 0 Å². The number of aryl methyl sites for hydroxylation is 2. The lowest BCUT2D eigenvalue weighted by Gasteiger charge is -2.32. The summed E-state index contributed by atoms with van der Waals surface area (Å²) in [5.41, 5.74) is 2.07. The molecule has 2 N–H and O–H groups in total. The fraction of sp³-hybridized carbons (Fsp3) is 0.421. The molecule has 0 unspecified atom stereocenters. The maximum absolute atomic E-state index is 12.4. The molecule has 0 radical (unpaired) electrons. The minimum atomic E-state index is -0.439. The van der Waals surface area contributed by atoms with Crippen molar-refractivity contribution in [1.29, 1.82) is 0 Å². The maximum Gasteiger partial charge on any atom is 0.279 e. The van der Waals surface area contributed by atoms with Gasteiger partial charge < -0.3 is 10.3 Å². The number of piperidine rings is 1. The number of hydrogen-bond donors (Lipinski definition) is 2. The van der Waals surface area contributed by atoms with Gasteiger partial charge >= 0.3 is 0 Å². The average molecular weight is 375 g/mol. The van der Waals surface area contributed by atoms with E-state index in [-0.39, 0.29) is 11.7 Å². The van der Waals surface area contributed by atoms with E-state index in [1.54, 1.807) is 13.8 Å². The van der Waals surface area contributed by atoms with Crippen LogP contribution in [0.15, 0.2) is 29.1 Å². The molecule has 1 saturated heterocycles. The van der Waals surface area contributed by atoms with Crippen molar-refractivity contribution >= 4 is 17.5 Å². The van der Waals surface area contributed by atoms with Crippen LogP contribution in [0.4, 0.5) is 0 Å². The molecule has 3 rings (SSSR count). The van der Waals surface area contributed by atoms with E-state index in [1.165, 1.54) is 5.56 Å². The Bertz CT molecular complexity index is 840. The van der Waals surface area contributed by atoms with Gasteiger partial charge in [0.05, 0.1) is 5.69 Å². The van der Waals surface area contributed by atoms with Gasteiger partial charge in [-0.25, -0.2) is 4.98 Å². The van der Waals surface area contributed by atoms with Gasteiger partial charge in [0.25, 0.3) is 11.5 Å². The van der Waals surface area contributed by atoms with Crippen molar-refractivity contribution in [2.45, 2.75) is 39.3 Å². The zero-order valence-corrected chi connectivity index (χ0v) is 15.8. The Hall–Kier alpha value is -2.18. The van der Waals surface area contributed by atoms with Gasteiger partial charge in [0.2, 0.25) is 0 Å². The van der Waals surface area contributed by atoms with Crippen LogP contribution in [-0.4, -0.2) is 39.9 Å². The fourth-order valence-electron chi connectivity index (χ4n) is 3.11. The second-order valence-electron chi connectivity index (χ2n) is 6.78. The molecule has 7 heteroatoms. The number of carbonyl (C=O) groups excluding carboxylic acids is 1. The number of amides is 1. The minimum Gasteiger partial charge on any atom is -0.348 e. The van der Waals surface area contributed by atoms with E-state index in [0.29, 0.717) is 11.4 Å². The van der Waals surface area contributed by atoms with Crippen LogP contribution < -0.4 is 10.9 Å². The molecule has 1 aromatic heterocycles. The van der Waals surface area contributed by atoms with Crippen molar-refractivity contribution in [2.24, 2.45) is 0 Å². The van der Waals surface area contributed by atoms with Gasteiger partial charge in [-0.2, -0.15) is 0 Å². The third-order valence-electron chi connectivity index (χ3n) is 4.80. The van der Waals surface area contributed by atoms with Crippen molar-refractivity contribution in [1.82, 2.24) is 20.2 Å². The largest absolute Gasteiger partial charge is 0.348 e. The SMILES string of the molecule is Cc1nc(C(=O)NC2CCN(Cc3ccc(Cl)cc3)CC2)c(=O)[nH]c1C. The predicted molar refractivity (Wildman–Crippen MR) is 102 cm³/mol. The molecule has 138 valence electrons. The van der Waals surface area contributed by atoms with Gasteiger partial charge in [0.1, 0.15) is 0 Å². The lowest BCUT2D eigenvalue weighted by Crippen LogP contribution is -2.45. The number of hydrogen-bond acceptors (Lipinski definition) is 4. The van der Waals surface area contributed by atoms with Crippen molar-refractivity contribution in [2.75, 3.05) is 13.1 Å². The van der Waals surface area contributed by atoms with Crippen LogP contribution in [0.3, 0.4) is 0 Å². The molecule has 0 aliphatic carbocycles. The summed E-state index contributed by atoms with van der Waals surface area (Å²) in [5.74, 6) is -0.398. The normalized spacial score (nSPS) is 15.8. The number of halogens is 1. The first-order chi connectivity index (χ1) is 12.4. The topological polar surface area (TPSA) is 78.1 Å². The number of carbonyl (C=O) groups is 1. The summed E-state index contributed by atoms with van der Waals surface area (Å²) < 4.78 is 0.